The third kappa shape index (κ3) is 4.41. The van der Waals surface area contributed by atoms with Crippen LogP contribution in [0.2, 0.25) is 0 Å². The number of rotatable bonds is 7. The van der Waals surface area contributed by atoms with Gasteiger partial charge in [0.25, 0.3) is 0 Å². The summed E-state index contributed by atoms with van der Waals surface area (Å²) in [6.45, 7) is 0. The van der Waals surface area contributed by atoms with Crippen molar-refractivity contribution in [1.29, 1.82) is 0 Å². The Morgan fingerprint density at radius 2 is 2.00 bits per heavy atom. The van der Waals surface area contributed by atoms with E-state index in [4.69, 9.17) is 4.42 Å². The van der Waals surface area contributed by atoms with Gasteiger partial charge in [-0.15, -0.1) is 0 Å². The molecule has 1 unspecified atom stereocenters. The van der Waals surface area contributed by atoms with Crippen LogP contribution in [0.4, 0.5) is 17.3 Å². The summed E-state index contributed by atoms with van der Waals surface area (Å²) in [5.74, 6) is -0.0250. The molecule has 0 spiro atoms. The van der Waals surface area contributed by atoms with E-state index in [1.54, 1.807) is 28.9 Å². The fourth-order valence-electron chi connectivity index (χ4n) is 3.18. The Hall–Kier alpha value is -3.46. The highest BCUT2D eigenvalue weighted by atomic mass is 32.2. The highest BCUT2D eigenvalue weighted by molar-refractivity contribution is 7.85. The van der Waals surface area contributed by atoms with Crippen molar-refractivity contribution in [3.05, 3.63) is 76.5 Å². The van der Waals surface area contributed by atoms with Crippen molar-refractivity contribution in [2.75, 3.05) is 22.9 Å². The Bertz CT molecular complexity index is 1270. The van der Waals surface area contributed by atoms with Crippen molar-refractivity contribution >= 4 is 39.4 Å². The molecule has 9 heteroatoms. The quantitative estimate of drug-likeness (QED) is 0.473. The molecule has 2 N–H and O–H groups in total. The summed E-state index contributed by atoms with van der Waals surface area (Å²) in [5.41, 5.74) is 4.77. The first-order chi connectivity index (χ1) is 14.5. The summed E-state index contributed by atoms with van der Waals surface area (Å²) in [4.78, 5) is 22.8. The molecule has 4 aromatic rings. The molecular weight excluding hydrogens is 402 g/mol. The number of hydrogen-bond acceptors (Lipinski definition) is 6. The van der Waals surface area contributed by atoms with Gasteiger partial charge in [0.15, 0.2) is 5.58 Å². The van der Waals surface area contributed by atoms with Crippen LogP contribution in [0.25, 0.3) is 11.1 Å². The molecule has 0 aliphatic carbocycles. The molecule has 1 atom stereocenters. The van der Waals surface area contributed by atoms with Crippen LogP contribution in [0, 0.1) is 0 Å². The van der Waals surface area contributed by atoms with Crippen molar-refractivity contribution in [1.82, 2.24) is 15.0 Å². The lowest BCUT2D eigenvalue weighted by Gasteiger charge is -2.19. The van der Waals surface area contributed by atoms with Crippen LogP contribution in [0.3, 0.4) is 0 Å². The minimum absolute atomic E-state index is 0.463. The van der Waals surface area contributed by atoms with Gasteiger partial charge >= 0.3 is 5.76 Å². The Labute approximate surface area is 175 Å². The van der Waals surface area contributed by atoms with Crippen LogP contribution in [0.1, 0.15) is 11.3 Å². The smallest absolute Gasteiger partial charge is 0.408 e. The molecule has 2 heterocycles. The maximum atomic E-state index is 11.9. The van der Waals surface area contributed by atoms with Crippen LogP contribution in [0.15, 0.2) is 63.9 Å². The number of aromatic amines is 1. The maximum Gasteiger partial charge on any atom is 0.417 e. The molecule has 0 aliphatic heterocycles. The number of H-pyrrole nitrogens is 1. The van der Waals surface area contributed by atoms with Gasteiger partial charge in [0.2, 0.25) is 5.95 Å². The minimum atomic E-state index is -1.09. The Kier molecular flexibility index (Phi) is 5.62. The number of anilines is 3. The zero-order valence-corrected chi connectivity index (χ0v) is 17.4. The van der Waals surface area contributed by atoms with E-state index < -0.39 is 16.7 Å². The summed E-state index contributed by atoms with van der Waals surface area (Å²) >= 11 is 0. The van der Waals surface area contributed by atoms with E-state index in [1.807, 2.05) is 43.4 Å². The molecule has 0 saturated carbocycles. The lowest BCUT2D eigenvalue weighted by atomic mass is 10.1. The minimum Gasteiger partial charge on any atom is -0.408 e. The number of aromatic nitrogens is 3. The second-order valence-corrected chi connectivity index (χ2v) is 8.17. The number of aryl methyl sites for hydroxylation is 2. The molecule has 0 saturated heterocycles. The van der Waals surface area contributed by atoms with E-state index in [0.717, 1.165) is 29.1 Å². The molecule has 2 aromatic carbocycles. The van der Waals surface area contributed by atoms with Crippen LogP contribution in [-0.2, 0) is 23.8 Å². The van der Waals surface area contributed by atoms with Gasteiger partial charge in [-0.3, -0.25) is 9.29 Å². The largest absolute Gasteiger partial charge is 0.417 e. The third-order valence-electron chi connectivity index (χ3n) is 4.76. The van der Waals surface area contributed by atoms with E-state index in [2.05, 4.69) is 20.3 Å². The number of nitrogens with zero attached hydrogens (tertiary/aromatic N) is 3. The zero-order valence-electron chi connectivity index (χ0n) is 16.6. The first-order valence-electron chi connectivity index (χ1n) is 9.36. The molecule has 30 heavy (non-hydrogen) atoms. The molecule has 154 valence electrons. The molecule has 0 aliphatic rings. The molecule has 0 amide bonds. The van der Waals surface area contributed by atoms with Crippen LogP contribution in [0.5, 0.6) is 0 Å². The normalized spacial score (nSPS) is 12.1. The molecule has 0 bridgehead atoms. The first kappa shape index (κ1) is 19.8. The molecule has 0 radical (unpaired) electrons. The van der Waals surface area contributed by atoms with Gasteiger partial charge in [-0.05, 0) is 42.7 Å². The number of oxazole rings is 1. The zero-order chi connectivity index (χ0) is 21.1. The Morgan fingerprint density at radius 3 is 2.83 bits per heavy atom. The van der Waals surface area contributed by atoms with Gasteiger partial charge in [0.1, 0.15) is 11.0 Å². The van der Waals surface area contributed by atoms with Gasteiger partial charge in [0, 0.05) is 36.9 Å². The van der Waals surface area contributed by atoms with E-state index in [1.165, 1.54) is 0 Å². The fourth-order valence-corrected chi connectivity index (χ4v) is 3.63. The van der Waals surface area contributed by atoms with Crippen LogP contribution >= 0.6 is 0 Å². The second kappa shape index (κ2) is 8.50. The lowest BCUT2D eigenvalue weighted by Crippen LogP contribution is -2.20. The van der Waals surface area contributed by atoms with Crippen molar-refractivity contribution < 1.29 is 8.63 Å². The monoisotopic (exact) mass is 423 g/mol. The summed E-state index contributed by atoms with van der Waals surface area (Å²) in [7, 11) is 0.738. The highest BCUT2D eigenvalue weighted by Crippen LogP contribution is 2.22. The van der Waals surface area contributed by atoms with Gasteiger partial charge in [-0.2, -0.15) is 0 Å². The molecule has 0 fully saturated rings. The van der Waals surface area contributed by atoms with E-state index in [0.29, 0.717) is 23.5 Å². The summed E-state index contributed by atoms with van der Waals surface area (Å²) in [6.07, 6.45) is 4.84. The SMILES string of the molecule is CN(c1ccccc1CCc1ccnc(Nc2ccc3[nH]c(=O)oc3c2)n1)S(C)=O. The van der Waals surface area contributed by atoms with E-state index >= 15 is 0 Å². The van der Waals surface area contributed by atoms with Crippen molar-refractivity contribution in [3.63, 3.8) is 0 Å². The molecular formula is C21H21N5O3S. The first-order valence-corrected chi connectivity index (χ1v) is 10.9. The Morgan fingerprint density at radius 1 is 1.17 bits per heavy atom. The highest BCUT2D eigenvalue weighted by Gasteiger charge is 2.10. The Balaban J connectivity index is 1.49. The summed E-state index contributed by atoms with van der Waals surface area (Å²) in [6, 6.07) is 15.1. The topological polar surface area (TPSA) is 104 Å². The molecule has 8 nitrogen and oxygen atoms in total. The molecule has 2 aromatic heterocycles. The molecule has 4 rings (SSSR count). The number of fused-ring (bicyclic) bond motifs is 1. The van der Waals surface area contributed by atoms with Crippen molar-refractivity contribution in [2.45, 2.75) is 12.8 Å². The average molecular weight is 423 g/mol. The van der Waals surface area contributed by atoms with Crippen LogP contribution < -0.4 is 15.4 Å². The van der Waals surface area contributed by atoms with Crippen molar-refractivity contribution in [2.24, 2.45) is 0 Å². The predicted molar refractivity (Wildman–Crippen MR) is 118 cm³/mol. The fraction of sp³-hybridized carbons (Fsp3) is 0.190. The summed E-state index contributed by atoms with van der Waals surface area (Å²) in [5, 5.41) is 3.14. The van der Waals surface area contributed by atoms with Crippen molar-refractivity contribution in [3.8, 4) is 0 Å². The van der Waals surface area contributed by atoms with E-state index in [-0.39, 0.29) is 0 Å². The standard InChI is InChI=1S/C21H21N5O3S/c1-26(30(2)28)18-6-4-3-5-14(18)7-8-15-11-12-22-20(23-15)24-16-9-10-17-19(13-16)29-21(27)25-17/h3-6,9-13H,7-8H2,1-2H3,(H,25,27)(H,22,23,24). The average Bonchev–Trinajstić information content (AvgIpc) is 3.11. The second-order valence-electron chi connectivity index (χ2n) is 6.77. The maximum absolute atomic E-state index is 11.9. The van der Waals surface area contributed by atoms with E-state index in [9.17, 15) is 9.00 Å². The summed E-state index contributed by atoms with van der Waals surface area (Å²) < 4.78 is 18.7. The predicted octanol–water partition coefficient (Wildman–Crippen LogP) is 3.17. The van der Waals surface area contributed by atoms with Gasteiger partial charge in [-0.1, -0.05) is 18.2 Å². The number of para-hydroxylation sites is 1. The number of hydrogen-bond donors (Lipinski definition) is 2. The number of benzene rings is 2. The number of nitrogens with one attached hydrogen (secondary N) is 2. The van der Waals surface area contributed by atoms with Gasteiger partial charge in [0.05, 0.1) is 11.2 Å². The lowest BCUT2D eigenvalue weighted by molar-refractivity contribution is 0.555. The van der Waals surface area contributed by atoms with Gasteiger partial charge in [-0.25, -0.2) is 19.0 Å². The third-order valence-corrected chi connectivity index (χ3v) is 5.73. The van der Waals surface area contributed by atoms with Crippen LogP contribution in [-0.4, -0.2) is 32.5 Å². The van der Waals surface area contributed by atoms with Gasteiger partial charge < -0.3 is 9.73 Å².